The maximum atomic E-state index is 8.93. The lowest BCUT2D eigenvalue weighted by molar-refractivity contribution is 0.299. The van der Waals surface area contributed by atoms with Crippen LogP contribution < -0.4 is 10.5 Å². The average Bonchev–Trinajstić information content (AvgIpc) is 3.23. The van der Waals surface area contributed by atoms with Gasteiger partial charge < -0.3 is 15.7 Å². The first kappa shape index (κ1) is 14.1. The molecule has 2 rings (SSSR count). The standard InChI is InChI=1S/C14H20N2O2S/c1-2-19-12-5-3-4-11(13(12)14(15)16-17)18-9-8-10-6-7-10/h3-5,10,17H,2,6-9H2,1H3,(H2,15,16). The third-order valence-corrected chi connectivity index (χ3v) is 4.07. The highest BCUT2D eigenvalue weighted by molar-refractivity contribution is 7.99. The molecule has 104 valence electrons. The zero-order valence-corrected chi connectivity index (χ0v) is 11.9. The van der Waals surface area contributed by atoms with Gasteiger partial charge in [0.05, 0.1) is 12.2 Å². The van der Waals surface area contributed by atoms with E-state index in [-0.39, 0.29) is 5.84 Å². The Morgan fingerprint density at radius 1 is 1.53 bits per heavy atom. The highest BCUT2D eigenvalue weighted by Gasteiger charge is 2.21. The summed E-state index contributed by atoms with van der Waals surface area (Å²) in [5.74, 6) is 2.57. The predicted molar refractivity (Wildman–Crippen MR) is 78.2 cm³/mol. The fourth-order valence-electron chi connectivity index (χ4n) is 1.95. The molecule has 0 spiro atoms. The number of thioether (sulfide) groups is 1. The third kappa shape index (κ3) is 3.80. The lowest BCUT2D eigenvalue weighted by atomic mass is 10.2. The van der Waals surface area contributed by atoms with Crippen LogP contribution in [0.1, 0.15) is 31.7 Å². The second-order valence-electron chi connectivity index (χ2n) is 4.63. The fraction of sp³-hybridized carbons (Fsp3) is 0.500. The van der Waals surface area contributed by atoms with Gasteiger partial charge in [0.25, 0.3) is 0 Å². The summed E-state index contributed by atoms with van der Waals surface area (Å²) >= 11 is 1.66. The van der Waals surface area contributed by atoms with Gasteiger partial charge in [-0.3, -0.25) is 0 Å². The zero-order valence-electron chi connectivity index (χ0n) is 11.1. The van der Waals surface area contributed by atoms with Gasteiger partial charge in [0, 0.05) is 4.90 Å². The van der Waals surface area contributed by atoms with Gasteiger partial charge in [-0.15, -0.1) is 11.8 Å². The zero-order chi connectivity index (χ0) is 13.7. The van der Waals surface area contributed by atoms with Crippen LogP contribution in [0.3, 0.4) is 0 Å². The molecule has 1 aliphatic rings. The molecule has 5 heteroatoms. The van der Waals surface area contributed by atoms with Crippen LogP contribution in [0.2, 0.25) is 0 Å². The number of benzene rings is 1. The van der Waals surface area contributed by atoms with E-state index in [2.05, 4.69) is 12.1 Å². The van der Waals surface area contributed by atoms with Gasteiger partial charge in [-0.25, -0.2) is 0 Å². The molecule has 0 radical (unpaired) electrons. The lowest BCUT2D eigenvalue weighted by Crippen LogP contribution is -2.16. The van der Waals surface area contributed by atoms with E-state index < -0.39 is 0 Å². The van der Waals surface area contributed by atoms with Crippen LogP contribution in [0.5, 0.6) is 5.75 Å². The molecule has 0 unspecified atom stereocenters. The Balaban J connectivity index is 2.16. The Morgan fingerprint density at radius 3 is 2.95 bits per heavy atom. The predicted octanol–water partition coefficient (Wildman–Crippen LogP) is 3.07. The minimum Gasteiger partial charge on any atom is -0.493 e. The minimum atomic E-state index is 0.109. The van der Waals surface area contributed by atoms with E-state index in [0.717, 1.165) is 23.0 Å². The summed E-state index contributed by atoms with van der Waals surface area (Å²) in [6, 6.07) is 5.79. The van der Waals surface area contributed by atoms with E-state index in [4.69, 9.17) is 15.7 Å². The molecule has 1 fully saturated rings. The smallest absolute Gasteiger partial charge is 0.174 e. The monoisotopic (exact) mass is 280 g/mol. The Morgan fingerprint density at radius 2 is 2.32 bits per heavy atom. The van der Waals surface area contributed by atoms with Gasteiger partial charge >= 0.3 is 0 Å². The van der Waals surface area contributed by atoms with Crippen molar-refractivity contribution in [3.63, 3.8) is 0 Å². The van der Waals surface area contributed by atoms with Crippen LogP contribution in [-0.4, -0.2) is 23.4 Å². The second kappa shape index (κ2) is 6.70. The Kier molecular flexibility index (Phi) is 4.96. The SMILES string of the molecule is CCSc1cccc(OCCC2CC2)c1/C(N)=N/O. The van der Waals surface area contributed by atoms with E-state index in [1.54, 1.807) is 11.8 Å². The van der Waals surface area contributed by atoms with Crippen molar-refractivity contribution in [1.29, 1.82) is 0 Å². The topological polar surface area (TPSA) is 67.8 Å². The van der Waals surface area contributed by atoms with E-state index in [0.29, 0.717) is 17.9 Å². The average molecular weight is 280 g/mol. The number of hydrogen-bond donors (Lipinski definition) is 2. The fourth-order valence-corrected chi connectivity index (χ4v) is 2.79. The van der Waals surface area contributed by atoms with Gasteiger partial charge in [-0.05, 0) is 30.2 Å². The summed E-state index contributed by atoms with van der Waals surface area (Å²) in [6.45, 7) is 2.76. The molecule has 1 aliphatic carbocycles. The first-order valence-electron chi connectivity index (χ1n) is 6.62. The quantitative estimate of drug-likeness (QED) is 0.265. The van der Waals surface area contributed by atoms with Gasteiger partial charge in [-0.2, -0.15) is 0 Å². The van der Waals surface area contributed by atoms with Gasteiger partial charge in [-0.1, -0.05) is 31.0 Å². The number of oxime groups is 1. The third-order valence-electron chi connectivity index (χ3n) is 3.13. The van der Waals surface area contributed by atoms with Gasteiger partial charge in [0.1, 0.15) is 5.75 Å². The molecule has 0 aliphatic heterocycles. The Hall–Kier alpha value is -1.36. The molecule has 19 heavy (non-hydrogen) atoms. The van der Waals surface area contributed by atoms with Crippen LogP contribution >= 0.6 is 11.8 Å². The molecule has 1 saturated carbocycles. The molecular weight excluding hydrogens is 260 g/mol. The maximum Gasteiger partial charge on any atom is 0.174 e. The summed E-state index contributed by atoms with van der Waals surface area (Å²) in [5.41, 5.74) is 6.48. The molecule has 0 atom stereocenters. The highest BCUT2D eigenvalue weighted by Crippen LogP contribution is 2.33. The number of ether oxygens (including phenoxy) is 1. The number of nitrogens with two attached hydrogens (primary N) is 1. The lowest BCUT2D eigenvalue weighted by Gasteiger charge is -2.14. The molecule has 0 amide bonds. The van der Waals surface area contributed by atoms with Crippen molar-refractivity contribution >= 4 is 17.6 Å². The van der Waals surface area contributed by atoms with Crippen molar-refractivity contribution in [1.82, 2.24) is 0 Å². The number of hydrogen-bond acceptors (Lipinski definition) is 4. The molecule has 0 aromatic heterocycles. The van der Waals surface area contributed by atoms with E-state index in [9.17, 15) is 0 Å². The van der Waals surface area contributed by atoms with E-state index in [1.807, 2.05) is 18.2 Å². The molecule has 0 bridgehead atoms. The van der Waals surface area contributed by atoms with Crippen molar-refractivity contribution in [3.8, 4) is 5.75 Å². The van der Waals surface area contributed by atoms with E-state index in [1.165, 1.54) is 12.8 Å². The summed E-state index contributed by atoms with van der Waals surface area (Å²) in [7, 11) is 0. The molecule has 3 N–H and O–H groups in total. The van der Waals surface area contributed by atoms with Gasteiger partial charge in [0.15, 0.2) is 5.84 Å². The summed E-state index contributed by atoms with van der Waals surface area (Å²) < 4.78 is 5.81. The van der Waals surface area contributed by atoms with Gasteiger partial charge in [0.2, 0.25) is 0 Å². The van der Waals surface area contributed by atoms with Crippen LogP contribution in [0.4, 0.5) is 0 Å². The minimum absolute atomic E-state index is 0.109. The number of amidine groups is 1. The number of rotatable bonds is 7. The normalized spacial score (nSPS) is 15.5. The van der Waals surface area contributed by atoms with Crippen LogP contribution in [0.15, 0.2) is 28.3 Å². The highest BCUT2D eigenvalue weighted by atomic mass is 32.2. The number of nitrogens with zero attached hydrogens (tertiary/aromatic N) is 1. The first-order chi connectivity index (χ1) is 9.26. The molecule has 1 aromatic rings. The molecule has 0 saturated heterocycles. The Labute approximate surface area is 118 Å². The molecule has 0 heterocycles. The van der Waals surface area contributed by atoms with Crippen LogP contribution in [0.25, 0.3) is 0 Å². The van der Waals surface area contributed by atoms with Crippen molar-refractivity contribution in [2.45, 2.75) is 31.1 Å². The van der Waals surface area contributed by atoms with Crippen LogP contribution in [0, 0.1) is 5.92 Å². The van der Waals surface area contributed by atoms with Crippen molar-refractivity contribution in [2.24, 2.45) is 16.8 Å². The van der Waals surface area contributed by atoms with Crippen molar-refractivity contribution in [2.75, 3.05) is 12.4 Å². The molecule has 4 nitrogen and oxygen atoms in total. The molecular formula is C14H20N2O2S. The summed E-state index contributed by atoms with van der Waals surface area (Å²) in [5, 5.41) is 12.0. The van der Waals surface area contributed by atoms with E-state index >= 15 is 0 Å². The first-order valence-corrected chi connectivity index (χ1v) is 7.61. The van der Waals surface area contributed by atoms with Crippen molar-refractivity contribution in [3.05, 3.63) is 23.8 Å². The maximum absolute atomic E-state index is 8.93. The summed E-state index contributed by atoms with van der Waals surface area (Å²) in [6.07, 6.45) is 3.73. The second-order valence-corrected chi connectivity index (χ2v) is 5.93. The largest absolute Gasteiger partial charge is 0.493 e. The Bertz CT molecular complexity index is 459. The summed E-state index contributed by atoms with van der Waals surface area (Å²) in [4.78, 5) is 0.988. The van der Waals surface area contributed by atoms with Crippen LogP contribution in [-0.2, 0) is 0 Å². The molecule has 1 aromatic carbocycles. The van der Waals surface area contributed by atoms with Crippen molar-refractivity contribution < 1.29 is 9.94 Å².